The number of amides is 1. The Labute approximate surface area is 205 Å². The van der Waals surface area contributed by atoms with Gasteiger partial charge >= 0.3 is 5.69 Å². The van der Waals surface area contributed by atoms with Crippen molar-refractivity contribution in [3.63, 3.8) is 0 Å². The van der Waals surface area contributed by atoms with Crippen LogP contribution in [-0.2, 0) is 17.9 Å². The van der Waals surface area contributed by atoms with Crippen molar-refractivity contribution in [1.82, 2.24) is 9.13 Å². The number of hydrogen-bond acceptors (Lipinski definition) is 7. The first kappa shape index (κ1) is 24.1. The Morgan fingerprint density at radius 2 is 1.71 bits per heavy atom. The summed E-state index contributed by atoms with van der Waals surface area (Å²) in [6, 6.07) is 13.9. The van der Waals surface area contributed by atoms with Crippen molar-refractivity contribution in [3.8, 4) is 17.2 Å². The predicted molar refractivity (Wildman–Crippen MR) is 135 cm³/mol. The maximum absolute atomic E-state index is 13.4. The molecule has 0 saturated heterocycles. The molecule has 0 aliphatic heterocycles. The van der Waals surface area contributed by atoms with Gasteiger partial charge in [-0.05, 0) is 48.2 Å². The third-order valence-electron chi connectivity index (χ3n) is 5.40. The molecule has 182 valence electrons. The number of nitrogens with one attached hydrogen (secondary N) is 1. The van der Waals surface area contributed by atoms with Gasteiger partial charge in [0.25, 0.3) is 5.56 Å². The summed E-state index contributed by atoms with van der Waals surface area (Å²) in [5, 5.41) is 4.50. The molecule has 2 heterocycles. The Bertz CT molecular complexity index is 1470. The van der Waals surface area contributed by atoms with Crippen LogP contribution in [0.5, 0.6) is 17.2 Å². The van der Waals surface area contributed by atoms with Gasteiger partial charge in [0.1, 0.15) is 28.5 Å². The first-order valence-corrected chi connectivity index (χ1v) is 11.8. The summed E-state index contributed by atoms with van der Waals surface area (Å²) in [5.74, 6) is 1.28. The lowest BCUT2D eigenvalue weighted by Gasteiger charge is -2.14. The van der Waals surface area contributed by atoms with Gasteiger partial charge in [0.2, 0.25) is 5.91 Å². The number of carbonyl (C=O) groups is 1. The lowest BCUT2D eigenvalue weighted by molar-refractivity contribution is -0.116. The van der Waals surface area contributed by atoms with Gasteiger partial charge in [-0.3, -0.25) is 18.7 Å². The molecule has 0 unspecified atom stereocenters. The van der Waals surface area contributed by atoms with Crippen LogP contribution in [0.2, 0.25) is 0 Å². The highest BCUT2D eigenvalue weighted by molar-refractivity contribution is 7.17. The molecule has 0 atom stereocenters. The molecule has 0 saturated carbocycles. The average molecular weight is 496 g/mol. The van der Waals surface area contributed by atoms with E-state index in [9.17, 15) is 14.4 Å². The zero-order valence-corrected chi connectivity index (χ0v) is 20.4. The van der Waals surface area contributed by atoms with E-state index in [1.54, 1.807) is 41.8 Å². The molecule has 0 bridgehead atoms. The van der Waals surface area contributed by atoms with E-state index >= 15 is 0 Å². The Morgan fingerprint density at radius 3 is 2.40 bits per heavy atom. The maximum atomic E-state index is 13.4. The van der Waals surface area contributed by atoms with Gasteiger partial charge in [-0.15, -0.1) is 11.3 Å². The number of thiophene rings is 1. The molecule has 10 heteroatoms. The first-order valence-electron chi connectivity index (χ1n) is 10.9. The molecular weight excluding hydrogens is 470 g/mol. The molecule has 2 aromatic carbocycles. The van der Waals surface area contributed by atoms with Crippen molar-refractivity contribution in [3.05, 3.63) is 80.3 Å². The molecular formula is C25H25N3O6S. The zero-order chi connectivity index (χ0) is 24.9. The summed E-state index contributed by atoms with van der Waals surface area (Å²) in [7, 11) is 3.02. The molecule has 4 aromatic rings. The molecule has 1 amide bonds. The Kier molecular flexibility index (Phi) is 7.21. The second kappa shape index (κ2) is 10.5. The Balaban J connectivity index is 1.65. The lowest BCUT2D eigenvalue weighted by atomic mass is 10.2. The van der Waals surface area contributed by atoms with Crippen molar-refractivity contribution in [2.45, 2.75) is 20.0 Å². The molecule has 0 fully saturated rings. The van der Waals surface area contributed by atoms with Gasteiger partial charge in [-0.2, -0.15) is 0 Å². The molecule has 0 spiro atoms. The van der Waals surface area contributed by atoms with Gasteiger partial charge in [0.05, 0.1) is 38.6 Å². The largest absolute Gasteiger partial charge is 0.497 e. The average Bonchev–Trinajstić information content (AvgIpc) is 3.36. The number of anilines is 1. The normalized spacial score (nSPS) is 10.8. The van der Waals surface area contributed by atoms with Crippen molar-refractivity contribution in [1.29, 1.82) is 0 Å². The van der Waals surface area contributed by atoms with Gasteiger partial charge in [-0.25, -0.2) is 4.79 Å². The smallest absolute Gasteiger partial charge is 0.332 e. The van der Waals surface area contributed by atoms with Gasteiger partial charge in [0.15, 0.2) is 0 Å². The number of hydrogen-bond donors (Lipinski definition) is 1. The van der Waals surface area contributed by atoms with Crippen LogP contribution in [0.1, 0.15) is 12.5 Å². The second-order valence-electron chi connectivity index (χ2n) is 7.59. The number of rotatable bonds is 9. The van der Waals surface area contributed by atoms with E-state index in [4.69, 9.17) is 14.2 Å². The zero-order valence-electron chi connectivity index (χ0n) is 19.6. The summed E-state index contributed by atoms with van der Waals surface area (Å²) < 4.78 is 18.8. The summed E-state index contributed by atoms with van der Waals surface area (Å²) >= 11 is 1.23. The van der Waals surface area contributed by atoms with E-state index in [1.165, 1.54) is 30.1 Å². The summed E-state index contributed by atoms with van der Waals surface area (Å²) in [5.41, 5.74) is 0.678. The molecule has 35 heavy (non-hydrogen) atoms. The van der Waals surface area contributed by atoms with Crippen LogP contribution in [0.15, 0.2) is 63.5 Å². The molecule has 4 rings (SSSR count). The number of fused-ring (bicyclic) bond motifs is 1. The monoisotopic (exact) mass is 495 g/mol. The highest BCUT2D eigenvalue weighted by atomic mass is 32.1. The topological polar surface area (TPSA) is 101 Å². The van der Waals surface area contributed by atoms with Crippen molar-refractivity contribution >= 4 is 33.1 Å². The van der Waals surface area contributed by atoms with Crippen LogP contribution in [0.4, 0.5) is 5.69 Å². The van der Waals surface area contributed by atoms with Gasteiger partial charge in [0, 0.05) is 6.07 Å². The van der Waals surface area contributed by atoms with E-state index in [0.717, 1.165) is 10.1 Å². The van der Waals surface area contributed by atoms with E-state index in [1.807, 2.05) is 19.1 Å². The SMILES string of the molecule is CCOc1ccc(Cn2c(=O)c3sccc3n(CC(=O)Nc3ccc(OC)cc3OC)c2=O)cc1. The minimum Gasteiger partial charge on any atom is -0.497 e. The number of carbonyl (C=O) groups excluding carboxylic acids is 1. The van der Waals surface area contributed by atoms with E-state index in [0.29, 0.717) is 39.8 Å². The minimum atomic E-state index is -0.563. The van der Waals surface area contributed by atoms with Gasteiger partial charge < -0.3 is 19.5 Å². The van der Waals surface area contributed by atoms with Gasteiger partial charge in [-0.1, -0.05) is 12.1 Å². The fourth-order valence-corrected chi connectivity index (χ4v) is 4.54. The third-order valence-corrected chi connectivity index (χ3v) is 6.29. The number of benzene rings is 2. The number of aromatic nitrogens is 2. The van der Waals surface area contributed by atoms with E-state index < -0.39 is 11.6 Å². The molecule has 2 aromatic heterocycles. The second-order valence-corrected chi connectivity index (χ2v) is 8.50. The lowest BCUT2D eigenvalue weighted by Crippen LogP contribution is -2.41. The van der Waals surface area contributed by atoms with Crippen LogP contribution in [0.3, 0.4) is 0 Å². The van der Waals surface area contributed by atoms with Crippen LogP contribution in [0, 0.1) is 0 Å². The molecule has 0 aliphatic carbocycles. The molecule has 1 N–H and O–H groups in total. The quantitative estimate of drug-likeness (QED) is 0.382. The maximum Gasteiger partial charge on any atom is 0.332 e. The highest BCUT2D eigenvalue weighted by Gasteiger charge is 2.18. The minimum absolute atomic E-state index is 0.0752. The van der Waals surface area contributed by atoms with Crippen LogP contribution >= 0.6 is 11.3 Å². The summed E-state index contributed by atoms with van der Waals surface area (Å²) in [4.78, 5) is 39.3. The molecule has 0 aliphatic rings. The number of ether oxygens (including phenoxy) is 3. The fourth-order valence-electron chi connectivity index (χ4n) is 3.70. The predicted octanol–water partition coefficient (Wildman–Crippen LogP) is 3.33. The van der Waals surface area contributed by atoms with E-state index in [-0.39, 0.29) is 18.6 Å². The standard InChI is InChI=1S/C25H25N3O6S/c1-4-34-17-7-5-16(6-8-17)14-28-24(30)23-20(11-12-35-23)27(25(28)31)15-22(29)26-19-10-9-18(32-2)13-21(19)33-3/h5-13H,4,14-15H2,1-3H3,(H,26,29). The third kappa shape index (κ3) is 5.07. The molecule has 9 nitrogen and oxygen atoms in total. The summed E-state index contributed by atoms with van der Waals surface area (Å²) in [6.07, 6.45) is 0. The van der Waals surface area contributed by atoms with Crippen molar-refractivity contribution < 1.29 is 19.0 Å². The Morgan fingerprint density at radius 1 is 0.971 bits per heavy atom. The van der Waals surface area contributed by atoms with Crippen LogP contribution in [0.25, 0.3) is 10.2 Å². The number of methoxy groups -OCH3 is 2. The number of nitrogens with zero attached hydrogens (tertiary/aromatic N) is 2. The van der Waals surface area contributed by atoms with Crippen molar-refractivity contribution in [2.24, 2.45) is 0 Å². The highest BCUT2D eigenvalue weighted by Crippen LogP contribution is 2.29. The Hall–Kier alpha value is -4.05. The van der Waals surface area contributed by atoms with Crippen molar-refractivity contribution in [2.75, 3.05) is 26.1 Å². The first-order chi connectivity index (χ1) is 16.9. The van der Waals surface area contributed by atoms with Crippen LogP contribution < -0.4 is 30.8 Å². The summed E-state index contributed by atoms with van der Waals surface area (Å²) in [6.45, 7) is 2.24. The fraction of sp³-hybridized carbons (Fsp3) is 0.240. The molecule has 0 radical (unpaired) electrons. The van der Waals surface area contributed by atoms with E-state index in [2.05, 4.69) is 5.32 Å². The van der Waals surface area contributed by atoms with Crippen LogP contribution in [-0.4, -0.2) is 35.9 Å².